The van der Waals surface area contributed by atoms with Crippen LogP contribution in [0.1, 0.15) is 19.6 Å². The van der Waals surface area contributed by atoms with E-state index >= 15 is 0 Å². The Kier molecular flexibility index (Phi) is 7.19. The predicted octanol–water partition coefficient (Wildman–Crippen LogP) is 0.152. The molecule has 20 nitrogen and oxygen atoms in total. The van der Waals surface area contributed by atoms with E-state index in [9.17, 15) is 19.1 Å². The lowest BCUT2D eigenvalue weighted by Gasteiger charge is -2.32. The Balaban J connectivity index is 1.15. The second-order valence-electron chi connectivity index (χ2n) is 12.0. The van der Waals surface area contributed by atoms with Gasteiger partial charge in [-0.25, -0.2) is 24.5 Å². The number of phosphoric ester groups is 1. The number of fused-ring (bicyclic) bond motifs is 7. The zero-order valence-electron chi connectivity index (χ0n) is 24.7. The molecule has 0 aromatic carbocycles. The van der Waals surface area contributed by atoms with Crippen molar-refractivity contribution in [2.24, 2.45) is 17.8 Å². The van der Waals surface area contributed by atoms with Gasteiger partial charge in [0.1, 0.15) is 30.2 Å². The minimum Gasteiger partial charge on any atom is -0.382 e. The molecule has 0 spiro atoms. The van der Waals surface area contributed by atoms with Gasteiger partial charge in [0.2, 0.25) is 5.95 Å². The largest absolute Gasteiger partial charge is 0.472 e. The van der Waals surface area contributed by atoms with Crippen LogP contribution in [0.15, 0.2) is 23.8 Å². The van der Waals surface area contributed by atoms with Gasteiger partial charge in [-0.2, -0.15) is 4.98 Å². The molecule has 11 atom stereocenters. The zero-order valence-corrected chi connectivity index (χ0v) is 27.3. The highest BCUT2D eigenvalue weighted by molar-refractivity contribution is 8.07. The van der Waals surface area contributed by atoms with Crippen molar-refractivity contribution in [3.8, 4) is 0 Å². The highest BCUT2D eigenvalue weighted by atomic mass is 32.5. The van der Waals surface area contributed by atoms with Crippen LogP contribution >= 0.6 is 14.5 Å². The van der Waals surface area contributed by atoms with Crippen molar-refractivity contribution >= 4 is 60.4 Å². The fourth-order valence-corrected chi connectivity index (χ4v) is 10.0. The lowest BCUT2D eigenvalue weighted by atomic mass is 9.94. The zero-order chi connectivity index (χ0) is 33.0. The third-order valence-corrected chi connectivity index (χ3v) is 12.2. The normalized spacial score (nSPS) is 40.4. The summed E-state index contributed by atoms with van der Waals surface area (Å²) in [5.41, 5.74) is 11.5. The van der Waals surface area contributed by atoms with E-state index in [2.05, 4.69) is 29.9 Å². The van der Waals surface area contributed by atoms with Crippen molar-refractivity contribution in [3.63, 3.8) is 0 Å². The number of aromatic nitrogens is 8. The molecule has 4 aromatic heterocycles. The molecule has 0 amide bonds. The Bertz CT molecular complexity index is 2060. The summed E-state index contributed by atoms with van der Waals surface area (Å²) in [6.07, 6.45) is -0.476. The number of nitrogens with zero attached hydrogens (tertiary/aromatic N) is 7. The molecule has 2 saturated carbocycles. The summed E-state index contributed by atoms with van der Waals surface area (Å²) in [5.74, 6) is -0.938. The molecular formula is C24H30N10O10P2S. The van der Waals surface area contributed by atoms with E-state index in [-0.39, 0.29) is 48.0 Å². The van der Waals surface area contributed by atoms with Crippen LogP contribution in [0.25, 0.3) is 22.3 Å². The number of anilines is 2. The first kappa shape index (κ1) is 31.3. The number of ether oxygens (including phenoxy) is 2. The van der Waals surface area contributed by atoms with E-state index in [0.717, 1.165) is 0 Å². The molecule has 252 valence electrons. The van der Waals surface area contributed by atoms with Gasteiger partial charge >= 0.3 is 14.5 Å². The highest BCUT2D eigenvalue weighted by Crippen LogP contribution is 2.70. The topological polar surface area (TPSA) is 272 Å². The second-order valence-corrected chi connectivity index (χ2v) is 16.2. The SMILES string of the molecule is CO[C@H]1[C@H]2OP(=O)(O)OC[C@@H]3[C@@H](OP(O)(=S)OC[C@H]1O[C@H]2n1cnc2c(=O)[nH]c(N)nc21)[C@@H](C)[C@]1(n2cnc4c(N)ncnc42)C[C@@H]31. The monoisotopic (exact) mass is 712 g/mol. The summed E-state index contributed by atoms with van der Waals surface area (Å²) < 4.78 is 52.1. The third kappa shape index (κ3) is 4.87. The van der Waals surface area contributed by atoms with E-state index in [0.29, 0.717) is 17.6 Å². The number of hydrogen-bond donors (Lipinski definition) is 5. The number of nitrogen functional groups attached to an aromatic ring is 2. The second kappa shape index (κ2) is 10.8. The minimum atomic E-state index is -4.84. The summed E-state index contributed by atoms with van der Waals surface area (Å²) in [4.78, 5) is 58.3. The predicted molar refractivity (Wildman–Crippen MR) is 164 cm³/mol. The van der Waals surface area contributed by atoms with Crippen molar-refractivity contribution in [2.75, 3.05) is 31.8 Å². The maximum absolute atomic E-state index is 13.6. The summed E-state index contributed by atoms with van der Waals surface area (Å²) >= 11 is 5.47. The number of phosphoric acid groups is 1. The summed E-state index contributed by atoms with van der Waals surface area (Å²) in [6.45, 7) is -2.66. The van der Waals surface area contributed by atoms with Crippen molar-refractivity contribution < 1.29 is 41.9 Å². The molecule has 2 unspecified atom stereocenters. The lowest BCUT2D eigenvalue weighted by molar-refractivity contribution is -0.0564. The first-order valence-electron chi connectivity index (χ1n) is 14.5. The van der Waals surface area contributed by atoms with Crippen LogP contribution in [-0.4, -0.2) is 93.6 Å². The molecule has 4 aromatic rings. The number of nitrogens with two attached hydrogens (primary N) is 2. The summed E-state index contributed by atoms with van der Waals surface area (Å²) in [6, 6.07) is 0. The van der Waals surface area contributed by atoms with Crippen LogP contribution in [0.4, 0.5) is 11.8 Å². The molecular weight excluding hydrogens is 682 g/mol. The molecule has 23 heteroatoms. The van der Waals surface area contributed by atoms with Crippen LogP contribution in [-0.2, 0) is 49.5 Å². The number of H-pyrrole nitrogens is 1. The maximum Gasteiger partial charge on any atom is 0.472 e. The highest BCUT2D eigenvalue weighted by Gasteiger charge is 2.72. The van der Waals surface area contributed by atoms with Gasteiger partial charge in [-0.3, -0.25) is 23.4 Å². The van der Waals surface area contributed by atoms with Gasteiger partial charge in [0.25, 0.3) is 5.56 Å². The van der Waals surface area contributed by atoms with Crippen LogP contribution < -0.4 is 17.0 Å². The van der Waals surface area contributed by atoms with Crippen LogP contribution in [0.2, 0.25) is 0 Å². The van der Waals surface area contributed by atoms with Crippen molar-refractivity contribution in [1.29, 1.82) is 0 Å². The van der Waals surface area contributed by atoms with E-state index in [1.165, 1.54) is 24.3 Å². The number of rotatable bonds is 3. The van der Waals surface area contributed by atoms with Gasteiger partial charge in [0, 0.05) is 18.9 Å². The molecule has 2 saturated heterocycles. The first-order valence-corrected chi connectivity index (χ1v) is 18.6. The number of imidazole rings is 2. The van der Waals surface area contributed by atoms with Gasteiger partial charge in [0.05, 0.1) is 37.5 Å². The van der Waals surface area contributed by atoms with Crippen LogP contribution in [0.5, 0.6) is 0 Å². The van der Waals surface area contributed by atoms with Crippen LogP contribution in [0.3, 0.4) is 0 Å². The first-order chi connectivity index (χ1) is 22.3. The van der Waals surface area contributed by atoms with Gasteiger partial charge in [-0.05, 0) is 24.1 Å². The van der Waals surface area contributed by atoms with E-state index in [4.69, 9.17) is 50.8 Å². The Morgan fingerprint density at radius 1 is 1.09 bits per heavy atom. The van der Waals surface area contributed by atoms with Crippen molar-refractivity contribution in [2.45, 2.75) is 49.5 Å². The van der Waals surface area contributed by atoms with E-state index in [1.807, 2.05) is 11.5 Å². The van der Waals surface area contributed by atoms with Gasteiger partial charge in [-0.15, -0.1) is 0 Å². The summed E-state index contributed by atoms with van der Waals surface area (Å²) in [5, 5.41) is 0. The molecule has 47 heavy (non-hydrogen) atoms. The fourth-order valence-electron chi connectivity index (χ4n) is 7.57. The lowest BCUT2D eigenvalue weighted by Crippen LogP contribution is -2.37. The minimum absolute atomic E-state index is 0.0265. The number of nitrogens with one attached hydrogen (secondary N) is 1. The molecule has 4 aliphatic rings. The molecule has 2 aliphatic carbocycles. The molecule has 8 rings (SSSR count). The Morgan fingerprint density at radius 2 is 1.87 bits per heavy atom. The number of hydrogen-bond acceptors (Lipinski definition) is 16. The smallest absolute Gasteiger partial charge is 0.382 e. The van der Waals surface area contributed by atoms with E-state index in [1.54, 1.807) is 6.33 Å². The average molecular weight is 713 g/mol. The molecule has 0 radical (unpaired) electrons. The Labute approximate surface area is 269 Å². The molecule has 6 heterocycles. The number of methoxy groups -OCH3 is 1. The number of aromatic amines is 1. The quantitative estimate of drug-likeness (QED) is 0.177. The standard InChI is InChI=1S/C24H30N10O10P2S/c1-9-15-10(11-3-24(9,11)34-8-30-13-18(25)27-6-28-19(13)34)4-40-45(36,37)43-17-16(39-2)12(5-41-46(38,47)44-15)42-22(17)33-7-29-14-20(33)31-23(26)32-21(14)35/h6-12,15-17,22H,3-5H2,1-2H3,(H,36,37)(H,38,47)(H2,25,27,28)(H3,26,31,32,35)/t9-,10+,11+,12-,15+,16-,17-,22-,24-,46?/m1/s1. The third-order valence-electron chi connectivity index (χ3n) is 9.68. The van der Waals surface area contributed by atoms with Crippen LogP contribution in [0, 0.1) is 17.8 Å². The summed E-state index contributed by atoms with van der Waals surface area (Å²) in [7, 11) is -3.50. The molecule has 2 aliphatic heterocycles. The van der Waals surface area contributed by atoms with Crippen molar-refractivity contribution in [1.82, 2.24) is 39.0 Å². The molecule has 4 fully saturated rings. The Hall–Kier alpha value is -2.94. The molecule has 7 N–H and O–H groups in total. The molecule has 2 bridgehead atoms. The van der Waals surface area contributed by atoms with Gasteiger partial charge in [-0.1, -0.05) is 6.92 Å². The van der Waals surface area contributed by atoms with Crippen molar-refractivity contribution in [3.05, 3.63) is 29.3 Å². The average Bonchev–Trinajstić information content (AvgIpc) is 3.30. The van der Waals surface area contributed by atoms with E-state index < -0.39 is 62.2 Å². The fraction of sp³-hybridized carbons (Fsp3) is 0.583. The van der Waals surface area contributed by atoms with Gasteiger partial charge in [0.15, 0.2) is 28.9 Å². The van der Waals surface area contributed by atoms with Gasteiger partial charge < -0.3 is 44.3 Å². The maximum atomic E-state index is 13.6. The Morgan fingerprint density at radius 3 is 2.66 bits per heavy atom.